The Labute approximate surface area is 92.6 Å². The number of amides is 3. The van der Waals surface area contributed by atoms with E-state index in [1.165, 1.54) is 0 Å². The summed E-state index contributed by atoms with van der Waals surface area (Å²) in [6.07, 6.45) is 0. The molecule has 0 bridgehead atoms. The number of nitrogens with zero attached hydrogens (tertiary/aromatic N) is 2. The van der Waals surface area contributed by atoms with Crippen molar-refractivity contribution in [2.75, 3.05) is 6.54 Å². The topological polar surface area (TPSA) is 75.4 Å². The summed E-state index contributed by atoms with van der Waals surface area (Å²) in [7, 11) is 0. The molecular formula is C10H13N3O3. The van der Waals surface area contributed by atoms with Crippen LogP contribution in [-0.2, 0) is 11.3 Å². The molecule has 0 spiro atoms. The Morgan fingerprint density at radius 2 is 2.38 bits per heavy atom. The molecule has 1 fully saturated rings. The minimum absolute atomic E-state index is 0.189. The minimum Gasteiger partial charge on any atom is -0.361 e. The van der Waals surface area contributed by atoms with Gasteiger partial charge in [-0.1, -0.05) is 12.1 Å². The zero-order valence-electron chi connectivity index (χ0n) is 9.19. The lowest BCUT2D eigenvalue weighted by atomic mass is 10.1. The number of hydrogen-bond donors (Lipinski definition) is 1. The van der Waals surface area contributed by atoms with E-state index in [4.69, 9.17) is 4.52 Å². The maximum atomic E-state index is 11.5. The van der Waals surface area contributed by atoms with Crippen molar-refractivity contribution in [3.63, 3.8) is 0 Å². The van der Waals surface area contributed by atoms with Crippen LogP contribution in [0.2, 0.25) is 0 Å². The molecule has 1 atom stereocenters. The van der Waals surface area contributed by atoms with Crippen molar-refractivity contribution in [3.8, 4) is 0 Å². The van der Waals surface area contributed by atoms with Crippen LogP contribution in [0.1, 0.15) is 18.4 Å². The predicted molar refractivity (Wildman–Crippen MR) is 54.4 cm³/mol. The van der Waals surface area contributed by atoms with Gasteiger partial charge in [-0.25, -0.2) is 4.79 Å². The Morgan fingerprint density at radius 1 is 1.62 bits per heavy atom. The summed E-state index contributed by atoms with van der Waals surface area (Å²) in [6, 6.07) is 1.40. The van der Waals surface area contributed by atoms with E-state index < -0.39 is 0 Å². The van der Waals surface area contributed by atoms with Crippen LogP contribution in [0.5, 0.6) is 0 Å². The fourth-order valence-electron chi connectivity index (χ4n) is 1.63. The van der Waals surface area contributed by atoms with Gasteiger partial charge < -0.3 is 9.42 Å². The van der Waals surface area contributed by atoms with Crippen molar-refractivity contribution >= 4 is 11.9 Å². The molecule has 1 N–H and O–H groups in total. The first-order valence-electron chi connectivity index (χ1n) is 5.08. The van der Waals surface area contributed by atoms with Crippen molar-refractivity contribution in [3.05, 3.63) is 17.5 Å². The molecule has 1 unspecified atom stereocenters. The summed E-state index contributed by atoms with van der Waals surface area (Å²) in [5, 5.41) is 6.10. The zero-order valence-corrected chi connectivity index (χ0v) is 9.19. The summed E-state index contributed by atoms with van der Waals surface area (Å²) in [5.41, 5.74) is 0.689. The van der Waals surface area contributed by atoms with E-state index in [1.54, 1.807) is 24.8 Å². The highest BCUT2D eigenvalue weighted by Crippen LogP contribution is 2.12. The maximum absolute atomic E-state index is 11.5. The van der Waals surface area contributed by atoms with Crippen molar-refractivity contribution in [1.82, 2.24) is 15.4 Å². The maximum Gasteiger partial charge on any atom is 0.324 e. The molecule has 1 aromatic rings. The van der Waals surface area contributed by atoms with Gasteiger partial charge in [-0.15, -0.1) is 0 Å². The van der Waals surface area contributed by atoms with Crippen molar-refractivity contribution in [2.45, 2.75) is 20.4 Å². The van der Waals surface area contributed by atoms with Gasteiger partial charge in [0.2, 0.25) is 5.91 Å². The van der Waals surface area contributed by atoms with Crippen LogP contribution >= 0.6 is 0 Å². The van der Waals surface area contributed by atoms with Crippen molar-refractivity contribution < 1.29 is 14.1 Å². The van der Waals surface area contributed by atoms with Crippen LogP contribution in [0.4, 0.5) is 4.79 Å². The Balaban J connectivity index is 2.04. The fourth-order valence-corrected chi connectivity index (χ4v) is 1.63. The summed E-state index contributed by atoms with van der Waals surface area (Å²) >= 11 is 0. The zero-order chi connectivity index (χ0) is 11.7. The summed E-state index contributed by atoms with van der Waals surface area (Å²) in [5.74, 6) is 0.292. The average molecular weight is 223 g/mol. The predicted octanol–water partition coefficient (Wildman–Crippen LogP) is 0.671. The molecule has 0 aliphatic carbocycles. The molecule has 1 aliphatic heterocycles. The van der Waals surface area contributed by atoms with Gasteiger partial charge in [0.1, 0.15) is 11.5 Å². The molecule has 2 rings (SSSR count). The van der Waals surface area contributed by atoms with Gasteiger partial charge in [-0.3, -0.25) is 10.1 Å². The van der Waals surface area contributed by atoms with Gasteiger partial charge in [0, 0.05) is 12.6 Å². The first kappa shape index (κ1) is 10.7. The van der Waals surface area contributed by atoms with E-state index in [1.807, 2.05) is 0 Å². The van der Waals surface area contributed by atoms with Gasteiger partial charge in [-0.05, 0) is 6.92 Å². The Morgan fingerprint density at radius 3 is 3.00 bits per heavy atom. The van der Waals surface area contributed by atoms with E-state index in [0.717, 1.165) is 0 Å². The fraction of sp³-hybridized carbons (Fsp3) is 0.500. The number of nitrogens with one attached hydrogen (secondary N) is 1. The molecular weight excluding hydrogens is 210 g/mol. The molecule has 6 nitrogen and oxygen atoms in total. The summed E-state index contributed by atoms with van der Waals surface area (Å²) in [4.78, 5) is 24.3. The molecule has 16 heavy (non-hydrogen) atoms. The van der Waals surface area contributed by atoms with Crippen LogP contribution in [0.15, 0.2) is 10.6 Å². The third kappa shape index (κ3) is 2.05. The van der Waals surface area contributed by atoms with Crippen LogP contribution in [-0.4, -0.2) is 28.5 Å². The Hall–Kier alpha value is -1.85. The smallest absolute Gasteiger partial charge is 0.324 e. The number of aromatic nitrogens is 1. The normalized spacial score (nSPS) is 21.1. The monoisotopic (exact) mass is 223 g/mol. The third-order valence-corrected chi connectivity index (χ3v) is 2.49. The molecule has 3 amide bonds. The molecule has 1 aliphatic rings. The highest BCUT2D eigenvalue weighted by Gasteiger charge is 2.29. The summed E-state index contributed by atoms with van der Waals surface area (Å²) < 4.78 is 4.91. The second kappa shape index (κ2) is 3.96. The number of carbonyl (C=O) groups excluding carboxylic acids is 2. The molecule has 2 heterocycles. The van der Waals surface area contributed by atoms with E-state index in [0.29, 0.717) is 24.5 Å². The highest BCUT2D eigenvalue weighted by molar-refractivity contribution is 5.97. The highest BCUT2D eigenvalue weighted by atomic mass is 16.5. The lowest BCUT2D eigenvalue weighted by molar-refractivity contribution is -0.125. The molecule has 1 saturated heterocycles. The average Bonchev–Trinajstić information content (AvgIpc) is 2.60. The Bertz CT molecular complexity index is 427. The van der Waals surface area contributed by atoms with Crippen LogP contribution in [0, 0.1) is 12.8 Å². The first-order valence-corrected chi connectivity index (χ1v) is 5.08. The Kier molecular flexibility index (Phi) is 2.64. The number of imide groups is 1. The van der Waals surface area contributed by atoms with Gasteiger partial charge >= 0.3 is 6.03 Å². The largest absolute Gasteiger partial charge is 0.361 e. The SMILES string of the molecule is Cc1cc(CN2CC(C)C(=O)NC2=O)no1. The standard InChI is InChI=1S/C10H13N3O3/c1-6-4-13(10(15)11-9(6)14)5-8-3-7(2)16-12-8/h3,6H,4-5H2,1-2H3,(H,11,14,15). The number of urea groups is 1. The quantitative estimate of drug-likeness (QED) is 0.799. The molecule has 6 heteroatoms. The van der Waals surface area contributed by atoms with Crippen molar-refractivity contribution in [1.29, 1.82) is 0 Å². The molecule has 1 aromatic heterocycles. The molecule has 0 saturated carbocycles. The van der Waals surface area contributed by atoms with E-state index in [9.17, 15) is 9.59 Å². The third-order valence-electron chi connectivity index (χ3n) is 2.49. The second-order valence-electron chi connectivity index (χ2n) is 4.00. The van der Waals surface area contributed by atoms with Gasteiger partial charge in [0.25, 0.3) is 0 Å². The van der Waals surface area contributed by atoms with Crippen molar-refractivity contribution in [2.24, 2.45) is 5.92 Å². The number of rotatable bonds is 2. The summed E-state index contributed by atoms with van der Waals surface area (Å²) in [6.45, 7) is 4.35. The van der Waals surface area contributed by atoms with Gasteiger partial charge in [0.15, 0.2) is 0 Å². The van der Waals surface area contributed by atoms with Crippen LogP contribution in [0.25, 0.3) is 0 Å². The first-order chi connectivity index (χ1) is 7.56. The molecule has 0 radical (unpaired) electrons. The lowest BCUT2D eigenvalue weighted by Crippen LogP contribution is -2.53. The minimum atomic E-state index is -0.372. The molecule has 86 valence electrons. The van der Waals surface area contributed by atoms with E-state index >= 15 is 0 Å². The van der Waals surface area contributed by atoms with Crippen LogP contribution < -0.4 is 5.32 Å². The molecule has 0 aromatic carbocycles. The van der Waals surface area contributed by atoms with E-state index in [-0.39, 0.29) is 17.9 Å². The van der Waals surface area contributed by atoms with Gasteiger partial charge in [-0.2, -0.15) is 0 Å². The lowest BCUT2D eigenvalue weighted by Gasteiger charge is -2.29. The number of hydrogen-bond acceptors (Lipinski definition) is 4. The number of carbonyl (C=O) groups is 2. The second-order valence-corrected chi connectivity index (χ2v) is 4.00. The number of aryl methyl sites for hydroxylation is 1. The van der Waals surface area contributed by atoms with Gasteiger partial charge in [0.05, 0.1) is 12.5 Å². The van der Waals surface area contributed by atoms with Crippen LogP contribution in [0.3, 0.4) is 0 Å². The van der Waals surface area contributed by atoms with E-state index in [2.05, 4.69) is 10.5 Å².